The first-order valence-electron chi connectivity index (χ1n) is 7.43. The fourth-order valence-electron chi connectivity index (χ4n) is 2.53. The zero-order valence-corrected chi connectivity index (χ0v) is 12.7. The van der Waals surface area contributed by atoms with Crippen molar-refractivity contribution in [2.24, 2.45) is 5.92 Å². The minimum Gasteiger partial charge on any atom is -0.381 e. The number of anilines is 1. The van der Waals surface area contributed by atoms with E-state index < -0.39 is 4.92 Å². The third-order valence-electron chi connectivity index (χ3n) is 3.73. The number of benzene rings is 1. The second kappa shape index (κ2) is 7.86. The van der Waals surface area contributed by atoms with Crippen molar-refractivity contribution in [1.29, 1.82) is 0 Å². The van der Waals surface area contributed by atoms with Crippen molar-refractivity contribution in [3.8, 4) is 0 Å². The molecule has 1 atom stereocenters. The molecule has 1 aromatic carbocycles. The van der Waals surface area contributed by atoms with Gasteiger partial charge in [0.15, 0.2) is 0 Å². The molecule has 0 spiro atoms. The standard InChI is InChI=1S/C15H21N3O4/c1-2-17(9-12-7-8-22-11-12)10-15(19)16-13-5-3-4-6-14(13)18(20)21/h3-6,12H,2,7-11H2,1H3,(H,16,19). The third-order valence-corrected chi connectivity index (χ3v) is 3.73. The van der Waals surface area contributed by atoms with Crippen LogP contribution in [0, 0.1) is 16.0 Å². The van der Waals surface area contributed by atoms with Crippen molar-refractivity contribution >= 4 is 17.3 Å². The van der Waals surface area contributed by atoms with E-state index in [4.69, 9.17) is 4.74 Å². The van der Waals surface area contributed by atoms with Crippen molar-refractivity contribution in [3.05, 3.63) is 34.4 Å². The lowest BCUT2D eigenvalue weighted by Gasteiger charge is -2.22. The topological polar surface area (TPSA) is 84.7 Å². The molecule has 1 aromatic rings. The predicted octanol–water partition coefficient (Wildman–Crippen LogP) is 1.89. The largest absolute Gasteiger partial charge is 0.381 e. The average Bonchev–Trinajstić information content (AvgIpc) is 2.99. The Labute approximate surface area is 129 Å². The van der Waals surface area contributed by atoms with Crippen molar-refractivity contribution < 1.29 is 14.5 Å². The summed E-state index contributed by atoms with van der Waals surface area (Å²) < 4.78 is 5.34. The van der Waals surface area contributed by atoms with Crippen molar-refractivity contribution in [2.75, 3.05) is 38.2 Å². The summed E-state index contributed by atoms with van der Waals surface area (Å²) in [5.41, 5.74) is 0.140. The maximum absolute atomic E-state index is 12.1. The number of likely N-dealkylation sites (N-methyl/N-ethyl adjacent to an activating group) is 1. The van der Waals surface area contributed by atoms with Crippen LogP contribution in [0.1, 0.15) is 13.3 Å². The zero-order chi connectivity index (χ0) is 15.9. The lowest BCUT2D eigenvalue weighted by atomic mass is 10.1. The molecule has 1 unspecified atom stereocenters. The Morgan fingerprint density at radius 3 is 2.91 bits per heavy atom. The first-order chi connectivity index (χ1) is 10.6. The first-order valence-corrected chi connectivity index (χ1v) is 7.43. The highest BCUT2D eigenvalue weighted by Gasteiger charge is 2.21. The zero-order valence-electron chi connectivity index (χ0n) is 12.7. The minimum atomic E-state index is -0.497. The summed E-state index contributed by atoms with van der Waals surface area (Å²) in [6.07, 6.45) is 1.02. The van der Waals surface area contributed by atoms with Crippen molar-refractivity contribution in [1.82, 2.24) is 4.90 Å². The quantitative estimate of drug-likeness (QED) is 0.614. The monoisotopic (exact) mass is 307 g/mol. The Morgan fingerprint density at radius 1 is 1.50 bits per heavy atom. The van der Waals surface area contributed by atoms with Crippen LogP contribution in [0.25, 0.3) is 0 Å². The van der Waals surface area contributed by atoms with E-state index in [9.17, 15) is 14.9 Å². The molecule has 1 fully saturated rings. The maximum atomic E-state index is 12.1. The molecular weight excluding hydrogens is 286 g/mol. The molecule has 7 nitrogen and oxygen atoms in total. The summed E-state index contributed by atoms with van der Waals surface area (Å²) >= 11 is 0. The molecular formula is C15H21N3O4. The number of nitro groups is 1. The molecule has 2 rings (SSSR count). The molecule has 1 saturated heterocycles. The Balaban J connectivity index is 1.92. The van der Waals surface area contributed by atoms with Gasteiger partial charge in [-0.2, -0.15) is 0 Å². The van der Waals surface area contributed by atoms with Gasteiger partial charge < -0.3 is 10.1 Å². The van der Waals surface area contributed by atoms with E-state index in [-0.39, 0.29) is 23.8 Å². The molecule has 0 radical (unpaired) electrons. The number of nitro benzene ring substituents is 1. The molecule has 0 aromatic heterocycles. The molecule has 1 aliphatic heterocycles. The Morgan fingerprint density at radius 2 is 2.27 bits per heavy atom. The highest BCUT2D eigenvalue weighted by Crippen LogP contribution is 2.23. The fraction of sp³-hybridized carbons (Fsp3) is 0.533. The van der Waals surface area contributed by atoms with E-state index in [1.54, 1.807) is 12.1 Å². The van der Waals surface area contributed by atoms with E-state index in [1.807, 2.05) is 11.8 Å². The number of nitrogens with one attached hydrogen (secondary N) is 1. The number of rotatable bonds is 7. The van der Waals surface area contributed by atoms with Crippen LogP contribution in [0.4, 0.5) is 11.4 Å². The fourth-order valence-corrected chi connectivity index (χ4v) is 2.53. The van der Waals surface area contributed by atoms with Gasteiger partial charge in [-0.1, -0.05) is 19.1 Å². The molecule has 120 valence electrons. The predicted molar refractivity (Wildman–Crippen MR) is 82.8 cm³/mol. The third kappa shape index (κ3) is 4.51. The number of hydrogen-bond acceptors (Lipinski definition) is 5. The number of nitrogens with zero attached hydrogens (tertiary/aromatic N) is 2. The van der Waals surface area contributed by atoms with E-state index in [1.165, 1.54) is 12.1 Å². The first kappa shape index (κ1) is 16.4. The summed E-state index contributed by atoms with van der Waals surface area (Å²) in [6, 6.07) is 6.16. The average molecular weight is 307 g/mol. The van der Waals surface area contributed by atoms with Gasteiger partial charge >= 0.3 is 0 Å². The lowest BCUT2D eigenvalue weighted by Crippen LogP contribution is -2.36. The van der Waals surface area contributed by atoms with Gasteiger partial charge in [0, 0.05) is 19.2 Å². The summed E-state index contributed by atoms with van der Waals surface area (Å²) in [7, 11) is 0. The number of amides is 1. The summed E-state index contributed by atoms with van der Waals surface area (Å²) in [5.74, 6) is 0.217. The van der Waals surface area contributed by atoms with Gasteiger partial charge in [-0.25, -0.2) is 0 Å². The van der Waals surface area contributed by atoms with Crippen LogP contribution in [0.5, 0.6) is 0 Å². The van der Waals surface area contributed by atoms with Crippen molar-refractivity contribution in [2.45, 2.75) is 13.3 Å². The van der Waals surface area contributed by atoms with Crippen LogP contribution >= 0.6 is 0 Å². The van der Waals surface area contributed by atoms with Crippen molar-refractivity contribution in [3.63, 3.8) is 0 Å². The van der Waals surface area contributed by atoms with Gasteiger partial charge in [0.2, 0.25) is 5.91 Å². The van der Waals surface area contributed by atoms with Gasteiger partial charge in [0.1, 0.15) is 5.69 Å². The van der Waals surface area contributed by atoms with Gasteiger partial charge in [-0.3, -0.25) is 19.8 Å². The molecule has 0 aliphatic carbocycles. The van der Waals surface area contributed by atoms with Crippen LogP contribution in [0.2, 0.25) is 0 Å². The molecule has 1 aliphatic rings. The molecule has 1 amide bonds. The molecule has 1 heterocycles. The normalized spacial score (nSPS) is 17.6. The number of carbonyl (C=O) groups is 1. The van der Waals surface area contributed by atoms with Gasteiger partial charge in [0.25, 0.3) is 5.69 Å². The Hall–Kier alpha value is -1.99. The van der Waals surface area contributed by atoms with Crippen LogP contribution in [0.15, 0.2) is 24.3 Å². The highest BCUT2D eigenvalue weighted by molar-refractivity contribution is 5.94. The smallest absolute Gasteiger partial charge is 0.292 e. The number of para-hydroxylation sites is 2. The lowest BCUT2D eigenvalue weighted by molar-refractivity contribution is -0.383. The highest BCUT2D eigenvalue weighted by atomic mass is 16.6. The van der Waals surface area contributed by atoms with E-state index >= 15 is 0 Å². The minimum absolute atomic E-state index is 0.0944. The van der Waals surface area contributed by atoms with Gasteiger partial charge in [-0.15, -0.1) is 0 Å². The Bertz CT molecular complexity index is 529. The number of hydrogen-bond donors (Lipinski definition) is 1. The van der Waals surface area contributed by atoms with E-state index in [0.717, 1.165) is 32.7 Å². The molecule has 22 heavy (non-hydrogen) atoms. The summed E-state index contributed by atoms with van der Waals surface area (Å²) in [4.78, 5) is 24.6. The molecule has 0 saturated carbocycles. The van der Waals surface area contributed by atoms with Crippen LogP contribution < -0.4 is 5.32 Å². The number of ether oxygens (including phenoxy) is 1. The summed E-state index contributed by atoms with van der Waals surface area (Å²) in [5, 5.41) is 13.6. The number of carbonyl (C=O) groups excluding carboxylic acids is 1. The van der Waals surface area contributed by atoms with Crippen LogP contribution in [-0.4, -0.2) is 48.6 Å². The summed E-state index contributed by atoms with van der Waals surface area (Å²) in [6.45, 7) is 5.29. The van der Waals surface area contributed by atoms with E-state index in [2.05, 4.69) is 5.32 Å². The second-order valence-corrected chi connectivity index (χ2v) is 5.38. The Kier molecular flexibility index (Phi) is 5.85. The molecule has 0 bridgehead atoms. The molecule has 7 heteroatoms. The maximum Gasteiger partial charge on any atom is 0.292 e. The SMILES string of the molecule is CCN(CC(=O)Nc1ccccc1[N+](=O)[O-])CC1CCOC1. The van der Waals surface area contributed by atoms with Crippen LogP contribution in [-0.2, 0) is 9.53 Å². The van der Waals surface area contributed by atoms with Gasteiger partial charge in [0.05, 0.1) is 18.1 Å². The van der Waals surface area contributed by atoms with E-state index in [0.29, 0.717) is 5.92 Å². The second-order valence-electron chi connectivity index (χ2n) is 5.38. The van der Waals surface area contributed by atoms with Gasteiger partial charge in [-0.05, 0) is 24.9 Å². The molecule has 1 N–H and O–H groups in total. The van der Waals surface area contributed by atoms with Crippen LogP contribution in [0.3, 0.4) is 0 Å².